The molecule has 0 saturated carbocycles. The second kappa shape index (κ2) is 9.62. The van der Waals surface area contributed by atoms with Gasteiger partial charge in [0.05, 0.1) is 13.2 Å². The summed E-state index contributed by atoms with van der Waals surface area (Å²) in [4.78, 5) is 27.4. The van der Waals surface area contributed by atoms with Crippen molar-refractivity contribution in [2.75, 3.05) is 39.4 Å². The van der Waals surface area contributed by atoms with Crippen LogP contribution in [0.25, 0.3) is 0 Å². The van der Waals surface area contributed by atoms with Gasteiger partial charge in [-0.05, 0) is 36.5 Å². The molecule has 150 valence electrons. The highest BCUT2D eigenvalue weighted by molar-refractivity contribution is 5.76. The zero-order valence-electron chi connectivity index (χ0n) is 17.0. The van der Waals surface area contributed by atoms with E-state index in [0.29, 0.717) is 52.2 Å². The highest BCUT2D eigenvalue weighted by Gasteiger charge is 2.24. The van der Waals surface area contributed by atoms with Crippen LogP contribution < -0.4 is 4.74 Å². The van der Waals surface area contributed by atoms with E-state index < -0.39 is 0 Å². The summed E-state index contributed by atoms with van der Waals surface area (Å²) in [5.41, 5.74) is 1.40. The van der Waals surface area contributed by atoms with Gasteiger partial charge in [0.1, 0.15) is 5.75 Å². The van der Waals surface area contributed by atoms with Crippen LogP contribution in [0, 0.1) is 0 Å². The number of carbonyl (C=O) groups is 2. The minimum absolute atomic E-state index is 0.116. The smallest absolute Gasteiger partial charge is 0.409 e. The van der Waals surface area contributed by atoms with Gasteiger partial charge in [-0.15, -0.1) is 0 Å². The third kappa shape index (κ3) is 6.45. The number of hydrogen-bond acceptors (Lipinski definition) is 4. The molecule has 1 heterocycles. The molecule has 0 radical (unpaired) electrons. The van der Waals surface area contributed by atoms with Crippen LogP contribution >= 0.6 is 0 Å². The lowest BCUT2D eigenvalue weighted by atomic mass is 9.87. The van der Waals surface area contributed by atoms with Crippen molar-refractivity contribution in [3.63, 3.8) is 0 Å². The molecule has 1 aromatic rings. The van der Waals surface area contributed by atoms with Crippen LogP contribution in [0.1, 0.15) is 46.1 Å². The van der Waals surface area contributed by atoms with Gasteiger partial charge in [0, 0.05) is 32.6 Å². The van der Waals surface area contributed by atoms with Gasteiger partial charge in [0.25, 0.3) is 0 Å². The average molecular weight is 376 g/mol. The monoisotopic (exact) mass is 376 g/mol. The van der Waals surface area contributed by atoms with Gasteiger partial charge in [-0.25, -0.2) is 4.79 Å². The Morgan fingerprint density at radius 1 is 1.00 bits per heavy atom. The maximum Gasteiger partial charge on any atom is 0.409 e. The molecule has 1 aromatic carbocycles. The Morgan fingerprint density at radius 3 is 2.15 bits per heavy atom. The van der Waals surface area contributed by atoms with Gasteiger partial charge in [-0.2, -0.15) is 0 Å². The summed E-state index contributed by atoms with van der Waals surface area (Å²) >= 11 is 0. The van der Waals surface area contributed by atoms with Crippen molar-refractivity contribution in [3.8, 4) is 5.75 Å². The van der Waals surface area contributed by atoms with E-state index in [4.69, 9.17) is 9.47 Å². The second-order valence-electron chi connectivity index (χ2n) is 7.79. The van der Waals surface area contributed by atoms with E-state index in [1.165, 1.54) is 5.56 Å². The summed E-state index contributed by atoms with van der Waals surface area (Å²) in [7, 11) is 0. The third-order valence-corrected chi connectivity index (χ3v) is 4.68. The van der Waals surface area contributed by atoms with E-state index in [-0.39, 0.29) is 17.4 Å². The lowest BCUT2D eigenvalue weighted by Gasteiger charge is -2.34. The largest absolute Gasteiger partial charge is 0.494 e. The number of benzene rings is 1. The topological polar surface area (TPSA) is 59.1 Å². The molecule has 1 fully saturated rings. The summed E-state index contributed by atoms with van der Waals surface area (Å²) in [6.07, 6.45) is 0.840. The molecule has 0 N–H and O–H groups in total. The number of nitrogens with zero attached hydrogens (tertiary/aromatic N) is 2. The van der Waals surface area contributed by atoms with Crippen molar-refractivity contribution in [1.82, 2.24) is 9.80 Å². The molecule has 1 aliphatic rings. The van der Waals surface area contributed by atoms with Gasteiger partial charge in [0.2, 0.25) is 5.91 Å². The maximum atomic E-state index is 12.3. The van der Waals surface area contributed by atoms with E-state index in [1.54, 1.807) is 11.8 Å². The first-order chi connectivity index (χ1) is 12.8. The molecule has 0 spiro atoms. The predicted octanol–water partition coefficient (Wildman–Crippen LogP) is 3.44. The third-order valence-electron chi connectivity index (χ3n) is 4.68. The first kappa shape index (κ1) is 21.1. The Morgan fingerprint density at radius 2 is 1.59 bits per heavy atom. The highest BCUT2D eigenvalue weighted by Crippen LogP contribution is 2.24. The van der Waals surface area contributed by atoms with Crippen molar-refractivity contribution >= 4 is 12.0 Å². The quantitative estimate of drug-likeness (QED) is 0.714. The molecule has 6 nitrogen and oxygen atoms in total. The Kier molecular flexibility index (Phi) is 7.51. The van der Waals surface area contributed by atoms with Crippen LogP contribution in [-0.4, -0.2) is 61.2 Å². The lowest BCUT2D eigenvalue weighted by Crippen LogP contribution is -2.50. The molecule has 0 unspecified atom stereocenters. The lowest BCUT2D eigenvalue weighted by molar-refractivity contribution is -0.133. The highest BCUT2D eigenvalue weighted by atomic mass is 16.6. The zero-order chi connectivity index (χ0) is 19.9. The predicted molar refractivity (Wildman–Crippen MR) is 105 cm³/mol. The van der Waals surface area contributed by atoms with E-state index in [1.807, 2.05) is 17.0 Å². The molecule has 27 heavy (non-hydrogen) atoms. The summed E-state index contributed by atoms with van der Waals surface area (Å²) in [6.45, 7) is 11.4. The Balaban J connectivity index is 1.66. The van der Waals surface area contributed by atoms with Crippen LogP contribution in [0.4, 0.5) is 4.79 Å². The van der Waals surface area contributed by atoms with E-state index in [9.17, 15) is 9.59 Å². The van der Waals surface area contributed by atoms with Crippen LogP contribution in [0.5, 0.6) is 5.75 Å². The van der Waals surface area contributed by atoms with Crippen molar-refractivity contribution in [2.45, 2.75) is 46.0 Å². The summed E-state index contributed by atoms with van der Waals surface area (Å²) in [5.74, 6) is 0.948. The molecule has 1 saturated heterocycles. The number of carbonyl (C=O) groups excluding carboxylic acids is 2. The van der Waals surface area contributed by atoms with Gasteiger partial charge < -0.3 is 19.3 Å². The number of ether oxygens (including phenoxy) is 2. The van der Waals surface area contributed by atoms with Crippen molar-refractivity contribution in [3.05, 3.63) is 29.8 Å². The van der Waals surface area contributed by atoms with Crippen LogP contribution in [-0.2, 0) is 14.9 Å². The van der Waals surface area contributed by atoms with Crippen LogP contribution in [0.2, 0.25) is 0 Å². The molecular weight excluding hydrogens is 344 g/mol. The molecular formula is C21H32N2O4. The molecule has 0 aliphatic carbocycles. The van der Waals surface area contributed by atoms with Crippen LogP contribution in [0.3, 0.4) is 0 Å². The number of rotatable bonds is 6. The molecule has 0 atom stereocenters. The normalized spacial score (nSPS) is 14.8. The summed E-state index contributed by atoms with van der Waals surface area (Å²) < 4.78 is 10.7. The van der Waals surface area contributed by atoms with Gasteiger partial charge >= 0.3 is 6.09 Å². The number of piperazine rings is 1. The fraction of sp³-hybridized carbons (Fsp3) is 0.619. The van der Waals surface area contributed by atoms with Gasteiger partial charge in [0.15, 0.2) is 0 Å². The molecule has 0 bridgehead atoms. The first-order valence-corrected chi connectivity index (χ1v) is 9.74. The number of amides is 2. The van der Waals surface area contributed by atoms with Crippen molar-refractivity contribution in [2.24, 2.45) is 0 Å². The molecule has 1 aliphatic heterocycles. The Hall–Kier alpha value is -2.24. The molecule has 6 heteroatoms. The van der Waals surface area contributed by atoms with Crippen molar-refractivity contribution in [1.29, 1.82) is 0 Å². The van der Waals surface area contributed by atoms with Crippen LogP contribution in [0.15, 0.2) is 24.3 Å². The molecule has 2 amide bonds. The average Bonchev–Trinajstić information content (AvgIpc) is 2.65. The standard InChI is InChI=1S/C21H32N2O4/c1-5-26-20(25)23-14-12-22(13-15-23)19(24)7-6-16-27-18-10-8-17(9-11-18)21(2,3)4/h8-11H,5-7,12-16H2,1-4H3. The SMILES string of the molecule is CCOC(=O)N1CCN(C(=O)CCCOc2ccc(C(C)(C)C)cc2)CC1. The molecule has 2 rings (SSSR count). The molecule has 0 aromatic heterocycles. The summed E-state index contributed by atoms with van der Waals surface area (Å²) in [5, 5.41) is 0. The second-order valence-corrected chi connectivity index (χ2v) is 7.79. The fourth-order valence-electron chi connectivity index (χ4n) is 2.98. The zero-order valence-corrected chi connectivity index (χ0v) is 17.0. The van der Waals surface area contributed by atoms with Gasteiger partial charge in [-0.1, -0.05) is 32.9 Å². The van der Waals surface area contributed by atoms with E-state index in [0.717, 1.165) is 5.75 Å². The summed E-state index contributed by atoms with van der Waals surface area (Å²) in [6, 6.07) is 8.14. The number of hydrogen-bond donors (Lipinski definition) is 0. The van der Waals surface area contributed by atoms with Crippen molar-refractivity contribution < 1.29 is 19.1 Å². The first-order valence-electron chi connectivity index (χ1n) is 9.74. The van der Waals surface area contributed by atoms with E-state index >= 15 is 0 Å². The Labute approximate surface area is 162 Å². The van der Waals surface area contributed by atoms with Gasteiger partial charge in [-0.3, -0.25) is 4.79 Å². The fourth-order valence-corrected chi connectivity index (χ4v) is 2.98. The Bertz CT molecular complexity index is 614. The van der Waals surface area contributed by atoms with E-state index in [2.05, 4.69) is 32.9 Å². The minimum Gasteiger partial charge on any atom is -0.494 e. The maximum absolute atomic E-state index is 12.3. The minimum atomic E-state index is -0.296.